The smallest absolute Gasteiger partial charge is 0.141 e. The van der Waals surface area contributed by atoms with Crippen molar-refractivity contribution in [1.29, 1.82) is 0 Å². The molecule has 1 aromatic heterocycles. The van der Waals surface area contributed by atoms with Crippen molar-refractivity contribution in [3.63, 3.8) is 0 Å². The lowest BCUT2D eigenvalue weighted by Gasteiger charge is -2.09. The molecule has 5 heteroatoms. The standard InChI is InChI=1S/C16H11ClFIN2/c17-14-9-11(1-6-15(14)18)10-21-8-7-20-16(21)12-2-4-13(19)5-3-12/h1-9H,10H2. The van der Waals surface area contributed by atoms with Crippen LogP contribution in [0.4, 0.5) is 4.39 Å². The summed E-state index contributed by atoms with van der Waals surface area (Å²) in [5.41, 5.74) is 1.99. The highest BCUT2D eigenvalue weighted by molar-refractivity contribution is 14.1. The van der Waals surface area contributed by atoms with Gasteiger partial charge in [-0.3, -0.25) is 0 Å². The molecule has 0 aliphatic carbocycles. The van der Waals surface area contributed by atoms with Crippen LogP contribution in [-0.4, -0.2) is 9.55 Å². The Labute approximate surface area is 140 Å². The Morgan fingerprint density at radius 2 is 1.90 bits per heavy atom. The highest BCUT2D eigenvalue weighted by Gasteiger charge is 2.08. The molecule has 0 radical (unpaired) electrons. The van der Waals surface area contributed by atoms with Crippen molar-refractivity contribution in [2.24, 2.45) is 0 Å². The van der Waals surface area contributed by atoms with Gasteiger partial charge in [0.2, 0.25) is 0 Å². The number of hydrogen-bond donors (Lipinski definition) is 0. The van der Waals surface area contributed by atoms with Gasteiger partial charge in [-0.1, -0.05) is 29.8 Å². The fourth-order valence-corrected chi connectivity index (χ4v) is 2.69. The van der Waals surface area contributed by atoms with Crippen LogP contribution < -0.4 is 0 Å². The number of aromatic nitrogens is 2. The minimum Gasteiger partial charge on any atom is -0.327 e. The maximum Gasteiger partial charge on any atom is 0.141 e. The van der Waals surface area contributed by atoms with Crippen molar-refractivity contribution in [3.8, 4) is 11.4 Å². The van der Waals surface area contributed by atoms with Crippen LogP contribution in [0.2, 0.25) is 5.02 Å². The van der Waals surface area contributed by atoms with Crippen LogP contribution in [0, 0.1) is 9.39 Å². The normalized spacial score (nSPS) is 10.8. The lowest BCUT2D eigenvalue weighted by atomic mass is 10.2. The van der Waals surface area contributed by atoms with Crippen molar-refractivity contribution >= 4 is 34.2 Å². The van der Waals surface area contributed by atoms with Crippen LogP contribution in [0.25, 0.3) is 11.4 Å². The largest absolute Gasteiger partial charge is 0.327 e. The van der Waals surface area contributed by atoms with E-state index in [-0.39, 0.29) is 5.02 Å². The highest BCUT2D eigenvalue weighted by atomic mass is 127. The van der Waals surface area contributed by atoms with E-state index in [0.717, 1.165) is 17.0 Å². The zero-order valence-corrected chi connectivity index (χ0v) is 13.8. The third-order valence-electron chi connectivity index (χ3n) is 3.15. The lowest BCUT2D eigenvalue weighted by Crippen LogP contribution is -2.01. The van der Waals surface area contributed by atoms with E-state index < -0.39 is 5.82 Å². The molecule has 106 valence electrons. The maximum atomic E-state index is 13.2. The number of halogens is 3. The lowest BCUT2D eigenvalue weighted by molar-refractivity contribution is 0.627. The molecule has 3 rings (SSSR count). The summed E-state index contributed by atoms with van der Waals surface area (Å²) in [4.78, 5) is 4.41. The van der Waals surface area contributed by atoms with Crippen LogP contribution in [0.5, 0.6) is 0 Å². The van der Waals surface area contributed by atoms with Crippen molar-refractivity contribution in [2.45, 2.75) is 6.54 Å². The second kappa shape index (κ2) is 6.15. The Kier molecular flexibility index (Phi) is 4.26. The summed E-state index contributed by atoms with van der Waals surface area (Å²) in [6.07, 6.45) is 3.67. The maximum absolute atomic E-state index is 13.2. The predicted molar refractivity (Wildman–Crippen MR) is 90.9 cm³/mol. The first-order chi connectivity index (χ1) is 10.1. The minimum atomic E-state index is -0.399. The Morgan fingerprint density at radius 1 is 1.14 bits per heavy atom. The second-order valence-corrected chi connectivity index (χ2v) is 6.29. The Balaban J connectivity index is 1.92. The van der Waals surface area contributed by atoms with E-state index in [1.54, 1.807) is 18.3 Å². The van der Waals surface area contributed by atoms with E-state index in [9.17, 15) is 4.39 Å². The van der Waals surface area contributed by atoms with Gasteiger partial charge in [0.25, 0.3) is 0 Å². The van der Waals surface area contributed by atoms with Gasteiger partial charge >= 0.3 is 0 Å². The van der Waals surface area contributed by atoms with Crippen molar-refractivity contribution in [2.75, 3.05) is 0 Å². The van der Waals surface area contributed by atoms with Crippen molar-refractivity contribution < 1.29 is 4.39 Å². The minimum absolute atomic E-state index is 0.142. The first-order valence-electron chi connectivity index (χ1n) is 6.34. The van der Waals surface area contributed by atoms with Gasteiger partial charge in [-0.15, -0.1) is 0 Å². The van der Waals surface area contributed by atoms with Crippen LogP contribution >= 0.6 is 34.2 Å². The fourth-order valence-electron chi connectivity index (χ4n) is 2.13. The van der Waals surface area contributed by atoms with E-state index in [4.69, 9.17) is 11.6 Å². The van der Waals surface area contributed by atoms with E-state index in [1.165, 1.54) is 9.64 Å². The number of rotatable bonds is 3. The zero-order valence-electron chi connectivity index (χ0n) is 10.9. The number of nitrogens with zero attached hydrogens (tertiary/aromatic N) is 2. The molecular formula is C16H11ClFIN2. The SMILES string of the molecule is Fc1ccc(Cn2ccnc2-c2ccc(I)cc2)cc1Cl. The molecular weight excluding hydrogens is 402 g/mol. The van der Waals surface area contributed by atoms with Gasteiger partial charge in [-0.2, -0.15) is 0 Å². The molecule has 0 saturated carbocycles. The molecule has 2 nitrogen and oxygen atoms in total. The average Bonchev–Trinajstić information content (AvgIpc) is 2.92. The second-order valence-electron chi connectivity index (χ2n) is 4.63. The highest BCUT2D eigenvalue weighted by Crippen LogP contribution is 2.21. The zero-order chi connectivity index (χ0) is 14.8. The van der Waals surface area contributed by atoms with E-state index in [1.807, 2.05) is 35.0 Å². The van der Waals surface area contributed by atoms with Crippen LogP contribution in [-0.2, 0) is 6.54 Å². The molecule has 1 heterocycles. The molecule has 0 spiro atoms. The molecule has 0 amide bonds. The number of benzene rings is 2. The fraction of sp³-hybridized carbons (Fsp3) is 0.0625. The summed E-state index contributed by atoms with van der Waals surface area (Å²) in [5.74, 6) is 0.482. The van der Waals surface area contributed by atoms with Crippen molar-refractivity contribution in [1.82, 2.24) is 9.55 Å². The summed E-state index contributed by atoms with van der Waals surface area (Å²) >= 11 is 8.10. The molecule has 0 atom stereocenters. The van der Waals surface area contributed by atoms with Crippen LogP contribution in [0.15, 0.2) is 54.9 Å². The van der Waals surface area contributed by atoms with Gasteiger partial charge < -0.3 is 4.57 Å². The van der Waals surface area contributed by atoms with Gasteiger partial charge in [0.1, 0.15) is 11.6 Å². The summed E-state index contributed by atoms with van der Waals surface area (Å²) in [5, 5.41) is 0.142. The monoisotopic (exact) mass is 412 g/mol. The first-order valence-corrected chi connectivity index (χ1v) is 7.80. The number of hydrogen-bond acceptors (Lipinski definition) is 1. The third-order valence-corrected chi connectivity index (χ3v) is 4.16. The summed E-state index contributed by atoms with van der Waals surface area (Å²) in [7, 11) is 0. The summed E-state index contributed by atoms with van der Waals surface area (Å²) in [6, 6.07) is 12.9. The number of imidazole rings is 1. The van der Waals surface area contributed by atoms with Crippen LogP contribution in [0.1, 0.15) is 5.56 Å². The van der Waals surface area contributed by atoms with Crippen LogP contribution in [0.3, 0.4) is 0 Å². The molecule has 0 bridgehead atoms. The molecule has 0 unspecified atom stereocenters. The quantitative estimate of drug-likeness (QED) is 0.554. The van der Waals surface area contributed by atoms with Gasteiger partial charge in [0, 0.05) is 28.1 Å². The third kappa shape index (κ3) is 3.27. The average molecular weight is 413 g/mol. The topological polar surface area (TPSA) is 17.8 Å². The van der Waals surface area contributed by atoms with Crippen molar-refractivity contribution in [3.05, 3.63) is 74.8 Å². The Bertz CT molecular complexity index is 768. The summed E-state index contributed by atoms with van der Waals surface area (Å²) < 4.78 is 16.4. The van der Waals surface area contributed by atoms with E-state index >= 15 is 0 Å². The molecule has 0 aliphatic rings. The molecule has 0 fully saturated rings. The Hall–Kier alpha value is -1.40. The first kappa shape index (κ1) is 14.5. The van der Waals surface area contributed by atoms with Gasteiger partial charge in [0.15, 0.2) is 0 Å². The molecule has 0 saturated heterocycles. The van der Waals surface area contributed by atoms with Gasteiger partial charge in [0.05, 0.1) is 5.02 Å². The van der Waals surface area contributed by atoms with Gasteiger partial charge in [-0.25, -0.2) is 9.37 Å². The van der Waals surface area contributed by atoms with E-state index in [2.05, 4.69) is 27.6 Å². The molecule has 3 aromatic rings. The summed E-state index contributed by atoms with van der Waals surface area (Å²) in [6.45, 7) is 0.599. The molecule has 21 heavy (non-hydrogen) atoms. The van der Waals surface area contributed by atoms with Gasteiger partial charge in [-0.05, 0) is 52.4 Å². The van der Waals surface area contributed by atoms with E-state index in [0.29, 0.717) is 6.54 Å². The Morgan fingerprint density at radius 3 is 2.62 bits per heavy atom. The molecule has 0 N–H and O–H groups in total. The molecule has 0 aliphatic heterocycles. The predicted octanol–water partition coefficient (Wildman–Crippen LogP) is 5.00. The molecule has 2 aromatic carbocycles.